The fourth-order valence-corrected chi connectivity index (χ4v) is 4.10. The Balaban J connectivity index is 1.99. The van der Waals surface area contributed by atoms with Crippen molar-refractivity contribution in [2.75, 3.05) is 37.2 Å². The average Bonchev–Trinajstić information content (AvgIpc) is 2.88. The van der Waals surface area contributed by atoms with Gasteiger partial charge in [0.2, 0.25) is 0 Å². The number of likely N-dealkylation sites (N-methyl/N-ethyl adjacent to an activating group) is 1. The van der Waals surface area contributed by atoms with E-state index in [1.807, 2.05) is 14.1 Å². The minimum Gasteiger partial charge on any atom is -0.383 e. The summed E-state index contributed by atoms with van der Waals surface area (Å²) in [5.74, 6) is 0.266. The quantitative estimate of drug-likeness (QED) is 0.793. The first-order valence-corrected chi connectivity index (χ1v) is 9.17. The van der Waals surface area contributed by atoms with Gasteiger partial charge >= 0.3 is 0 Å². The van der Waals surface area contributed by atoms with Gasteiger partial charge in [0.25, 0.3) is 10.0 Å². The highest BCUT2D eigenvalue weighted by Gasteiger charge is 2.17. The summed E-state index contributed by atoms with van der Waals surface area (Å²) < 4.78 is 27.3. The number of pyridine rings is 1. The van der Waals surface area contributed by atoms with Gasteiger partial charge in [-0.2, -0.15) is 0 Å². The van der Waals surface area contributed by atoms with Crippen molar-refractivity contribution in [3.63, 3.8) is 0 Å². The number of rotatable bonds is 7. The van der Waals surface area contributed by atoms with Gasteiger partial charge in [-0.05, 0) is 38.4 Å². The number of thiophene rings is 1. The predicted octanol–water partition coefficient (Wildman–Crippen LogP) is 2.57. The first kappa shape index (κ1) is 17.0. The van der Waals surface area contributed by atoms with Crippen molar-refractivity contribution in [2.24, 2.45) is 0 Å². The number of anilines is 2. The molecule has 2 N–H and O–H groups in total. The average molecular weight is 361 g/mol. The minimum atomic E-state index is -3.64. The van der Waals surface area contributed by atoms with Crippen molar-refractivity contribution in [3.8, 4) is 0 Å². The van der Waals surface area contributed by atoms with Crippen molar-refractivity contribution in [1.29, 1.82) is 0 Å². The highest BCUT2D eigenvalue weighted by Crippen LogP contribution is 2.26. The molecule has 0 saturated heterocycles. The Morgan fingerprint density at radius 1 is 1.27 bits per heavy atom. The van der Waals surface area contributed by atoms with Crippen LogP contribution in [0.15, 0.2) is 34.7 Å². The van der Waals surface area contributed by atoms with E-state index in [1.54, 1.807) is 24.4 Å². The molecule has 6 nitrogen and oxygen atoms in total. The Labute approximate surface area is 139 Å². The Morgan fingerprint density at radius 2 is 2.05 bits per heavy atom. The first-order valence-electron chi connectivity index (χ1n) is 6.49. The van der Waals surface area contributed by atoms with Crippen LogP contribution in [0, 0.1) is 0 Å². The Bertz CT molecular complexity index is 714. The monoisotopic (exact) mass is 360 g/mol. The van der Waals surface area contributed by atoms with Gasteiger partial charge in [-0.1, -0.05) is 11.6 Å². The van der Waals surface area contributed by atoms with Crippen molar-refractivity contribution < 1.29 is 8.42 Å². The second-order valence-electron chi connectivity index (χ2n) is 4.83. The second-order valence-corrected chi connectivity index (χ2v) is 8.45. The number of aromatic nitrogens is 1. The summed E-state index contributed by atoms with van der Waals surface area (Å²) in [7, 11) is 0.350. The van der Waals surface area contributed by atoms with Crippen LogP contribution < -0.4 is 10.0 Å². The van der Waals surface area contributed by atoms with Gasteiger partial charge in [0.05, 0.1) is 16.2 Å². The number of hydrogen-bond acceptors (Lipinski definition) is 6. The van der Waals surface area contributed by atoms with E-state index >= 15 is 0 Å². The number of halogens is 1. The fraction of sp³-hybridized carbons (Fsp3) is 0.308. The van der Waals surface area contributed by atoms with E-state index in [0.717, 1.165) is 30.1 Å². The molecule has 0 aliphatic heterocycles. The molecule has 0 aromatic carbocycles. The van der Waals surface area contributed by atoms with E-state index in [4.69, 9.17) is 11.6 Å². The van der Waals surface area contributed by atoms with Crippen LogP contribution >= 0.6 is 22.9 Å². The van der Waals surface area contributed by atoms with Crippen LogP contribution in [-0.2, 0) is 10.0 Å². The molecule has 0 aliphatic carbocycles. The van der Waals surface area contributed by atoms with Crippen molar-refractivity contribution >= 4 is 44.5 Å². The van der Waals surface area contributed by atoms with Crippen LogP contribution in [-0.4, -0.2) is 45.5 Å². The maximum absolute atomic E-state index is 12.1. The van der Waals surface area contributed by atoms with Crippen LogP contribution in [0.3, 0.4) is 0 Å². The molecule has 2 aromatic rings. The van der Waals surface area contributed by atoms with E-state index in [1.165, 1.54) is 6.07 Å². The van der Waals surface area contributed by atoms with Gasteiger partial charge in [0.15, 0.2) is 0 Å². The topological polar surface area (TPSA) is 74.3 Å². The molecule has 0 radical (unpaired) electrons. The summed E-state index contributed by atoms with van der Waals surface area (Å²) in [5, 5.41) is 3.20. The molecule has 2 aromatic heterocycles. The zero-order valence-corrected chi connectivity index (χ0v) is 14.6. The van der Waals surface area contributed by atoms with Crippen molar-refractivity contribution in [3.05, 3.63) is 34.8 Å². The summed E-state index contributed by atoms with van der Waals surface area (Å²) in [4.78, 5) is 6.16. The van der Waals surface area contributed by atoms with Gasteiger partial charge in [0.1, 0.15) is 10.0 Å². The van der Waals surface area contributed by atoms with Crippen LogP contribution in [0.2, 0.25) is 4.34 Å². The number of sulfonamides is 1. The molecule has 0 fully saturated rings. The largest absolute Gasteiger partial charge is 0.383 e. The van der Waals surface area contributed by atoms with Gasteiger partial charge in [0, 0.05) is 13.1 Å². The van der Waals surface area contributed by atoms with Crippen LogP contribution in [0.5, 0.6) is 0 Å². The Kier molecular flexibility index (Phi) is 5.63. The zero-order chi connectivity index (χ0) is 16.2. The predicted molar refractivity (Wildman–Crippen MR) is 91.4 cm³/mol. The molecule has 0 unspecified atom stereocenters. The molecule has 0 aliphatic rings. The van der Waals surface area contributed by atoms with E-state index in [2.05, 4.69) is 19.9 Å². The maximum Gasteiger partial charge on any atom is 0.272 e. The van der Waals surface area contributed by atoms with Crippen LogP contribution in [0.1, 0.15) is 0 Å². The third kappa shape index (κ3) is 4.84. The number of nitrogens with zero attached hydrogens (tertiary/aromatic N) is 2. The molecule has 0 bridgehead atoms. The summed E-state index contributed by atoms with van der Waals surface area (Å²) in [6, 6.07) is 6.41. The third-order valence-electron chi connectivity index (χ3n) is 2.70. The molecular formula is C13H17ClN4O2S2. The number of nitrogens with one attached hydrogen (secondary N) is 2. The molecule has 0 atom stereocenters. The Morgan fingerprint density at radius 3 is 2.59 bits per heavy atom. The molecule has 0 saturated carbocycles. The standard InChI is InChI=1S/C13H17ClN4O2S2/c1-18(2)8-7-15-10-3-5-12(16-9-10)17-22(19,20)13-6-4-11(14)21-13/h3-6,9,15H,7-8H2,1-2H3,(H,16,17). The summed E-state index contributed by atoms with van der Waals surface area (Å²) in [6.45, 7) is 1.68. The molecule has 2 heterocycles. The lowest BCUT2D eigenvalue weighted by atomic mass is 10.4. The highest BCUT2D eigenvalue weighted by molar-refractivity contribution is 7.94. The van der Waals surface area contributed by atoms with Crippen molar-refractivity contribution in [2.45, 2.75) is 4.21 Å². The Hall–Kier alpha value is -1.35. The molecule has 9 heteroatoms. The lowest BCUT2D eigenvalue weighted by Crippen LogP contribution is -2.20. The zero-order valence-electron chi connectivity index (χ0n) is 12.2. The maximum atomic E-state index is 12.1. The summed E-state index contributed by atoms with van der Waals surface area (Å²) >= 11 is 6.76. The van der Waals surface area contributed by atoms with E-state index in [-0.39, 0.29) is 10.0 Å². The lowest BCUT2D eigenvalue weighted by Gasteiger charge is -2.11. The van der Waals surface area contributed by atoms with Crippen molar-refractivity contribution in [1.82, 2.24) is 9.88 Å². The molecule has 0 spiro atoms. The summed E-state index contributed by atoms with van der Waals surface area (Å²) in [5.41, 5.74) is 0.837. The molecule has 22 heavy (non-hydrogen) atoms. The van der Waals surface area contributed by atoms with E-state index < -0.39 is 10.0 Å². The molecule has 0 amide bonds. The van der Waals surface area contributed by atoms with Gasteiger partial charge in [-0.15, -0.1) is 11.3 Å². The van der Waals surface area contributed by atoms with Gasteiger partial charge in [-0.25, -0.2) is 13.4 Å². The van der Waals surface area contributed by atoms with Crippen LogP contribution in [0.25, 0.3) is 0 Å². The SMILES string of the molecule is CN(C)CCNc1ccc(NS(=O)(=O)c2ccc(Cl)s2)nc1. The molecule has 2 rings (SSSR count). The smallest absolute Gasteiger partial charge is 0.272 e. The normalized spacial score (nSPS) is 11.6. The minimum absolute atomic E-state index is 0.160. The third-order valence-corrected chi connectivity index (χ3v) is 5.78. The van der Waals surface area contributed by atoms with Gasteiger partial charge < -0.3 is 10.2 Å². The lowest BCUT2D eigenvalue weighted by molar-refractivity contribution is 0.425. The highest BCUT2D eigenvalue weighted by atomic mass is 35.5. The van der Waals surface area contributed by atoms with E-state index in [9.17, 15) is 8.42 Å². The molecule has 120 valence electrons. The summed E-state index contributed by atoms with van der Waals surface area (Å²) in [6.07, 6.45) is 1.59. The number of hydrogen-bond donors (Lipinski definition) is 2. The fourth-order valence-electron chi connectivity index (χ4n) is 1.61. The van der Waals surface area contributed by atoms with Crippen LogP contribution in [0.4, 0.5) is 11.5 Å². The van der Waals surface area contributed by atoms with E-state index in [0.29, 0.717) is 4.34 Å². The first-order chi connectivity index (χ1) is 10.4. The molecular weight excluding hydrogens is 344 g/mol. The van der Waals surface area contributed by atoms with Gasteiger partial charge in [-0.3, -0.25) is 4.72 Å². The second kappa shape index (κ2) is 7.28.